The molecule has 0 N–H and O–H groups in total. The number of sulfone groups is 1. The summed E-state index contributed by atoms with van der Waals surface area (Å²) in [6.07, 6.45) is 0. The monoisotopic (exact) mass is 362 g/mol. The summed E-state index contributed by atoms with van der Waals surface area (Å²) < 4.78 is 76.9. The van der Waals surface area contributed by atoms with Gasteiger partial charge in [-0.1, -0.05) is 0 Å². The summed E-state index contributed by atoms with van der Waals surface area (Å²) in [5.41, 5.74) is 0. The molecule has 0 amide bonds. The second kappa shape index (κ2) is 6.45. The molecule has 120 valence electrons. The minimum absolute atomic E-state index is 0.418. The highest BCUT2D eigenvalue weighted by Crippen LogP contribution is 2.27. The highest BCUT2D eigenvalue weighted by Gasteiger charge is 2.21. The number of hydrogen-bond donors (Lipinski definition) is 0. The molecule has 21 heavy (non-hydrogen) atoms. The van der Waals surface area contributed by atoms with Gasteiger partial charge in [0.15, 0.2) is 27.2 Å². The van der Waals surface area contributed by atoms with Crippen LogP contribution in [0.3, 0.4) is 0 Å². The van der Waals surface area contributed by atoms with Crippen molar-refractivity contribution in [1.82, 2.24) is 0 Å². The van der Waals surface area contributed by atoms with E-state index in [-0.39, 0.29) is 0 Å². The van der Waals surface area contributed by atoms with Crippen LogP contribution in [0.25, 0.3) is 0 Å². The zero-order valence-corrected chi connectivity index (χ0v) is 13.5. The predicted octanol–water partition coefficient (Wildman–Crippen LogP) is 2.09. The number of rotatable bonds is 6. The normalized spacial score (nSPS) is 12.7. The van der Waals surface area contributed by atoms with E-state index in [9.17, 15) is 25.6 Å². The predicted molar refractivity (Wildman–Crippen MR) is 73.8 cm³/mol. The summed E-state index contributed by atoms with van der Waals surface area (Å²) in [6.45, 7) is 2.48. The van der Waals surface area contributed by atoms with E-state index in [2.05, 4.69) is 0 Å². The zero-order chi connectivity index (χ0) is 16.4. The molecule has 0 aromatic heterocycles. The van der Waals surface area contributed by atoms with Gasteiger partial charge in [0.1, 0.15) is 6.61 Å². The maximum Gasteiger partial charge on any atom is 0.261 e. The fourth-order valence-electron chi connectivity index (χ4n) is 1.31. The zero-order valence-electron chi connectivity index (χ0n) is 11.1. The van der Waals surface area contributed by atoms with E-state index in [1.165, 1.54) is 13.8 Å². The summed E-state index contributed by atoms with van der Waals surface area (Å²) in [7, 11) is -2.72. The molecule has 1 rings (SSSR count). The van der Waals surface area contributed by atoms with Crippen LogP contribution in [-0.4, -0.2) is 34.4 Å². The molecule has 0 saturated carbocycles. The van der Waals surface area contributed by atoms with Crippen molar-refractivity contribution in [3.8, 4) is 5.75 Å². The van der Waals surface area contributed by atoms with Crippen molar-refractivity contribution in [1.29, 1.82) is 0 Å². The first-order valence-corrected chi connectivity index (χ1v) is 9.75. The van der Waals surface area contributed by atoms with Crippen molar-refractivity contribution in [2.24, 2.45) is 0 Å². The number of hydrogen-bond acceptors (Lipinski definition) is 5. The van der Waals surface area contributed by atoms with E-state index in [0.29, 0.717) is 12.1 Å². The van der Waals surface area contributed by atoms with Gasteiger partial charge in [0.05, 0.1) is 15.9 Å². The summed E-state index contributed by atoms with van der Waals surface area (Å²) >= 11 is 0. The summed E-state index contributed by atoms with van der Waals surface area (Å²) in [5.74, 6) is -3.83. The Hall–Kier alpha value is -0.930. The van der Waals surface area contributed by atoms with Crippen molar-refractivity contribution in [3.05, 3.63) is 23.8 Å². The average molecular weight is 363 g/mol. The second-order valence-corrected chi connectivity index (χ2v) is 9.66. The van der Waals surface area contributed by atoms with Gasteiger partial charge in [0.25, 0.3) is 9.05 Å². The molecule has 0 atom stereocenters. The van der Waals surface area contributed by atoms with Gasteiger partial charge in [-0.25, -0.2) is 25.6 Å². The lowest BCUT2D eigenvalue weighted by atomic mass is 10.3. The Morgan fingerprint density at radius 3 is 2.00 bits per heavy atom. The SMILES string of the molecule is CC(C)S(=O)(=O)CCOc1c(F)cc(S(=O)(=O)Cl)cc1F. The first kappa shape index (κ1) is 18.1. The Bertz CT molecular complexity index is 706. The van der Waals surface area contributed by atoms with Crippen molar-refractivity contribution in [3.63, 3.8) is 0 Å². The Morgan fingerprint density at radius 1 is 1.14 bits per heavy atom. The third kappa shape index (κ3) is 4.79. The van der Waals surface area contributed by atoms with Gasteiger partial charge < -0.3 is 4.74 Å². The fourth-order valence-corrected chi connectivity index (χ4v) is 2.85. The van der Waals surface area contributed by atoms with Crippen LogP contribution in [0.4, 0.5) is 8.78 Å². The fraction of sp³-hybridized carbons (Fsp3) is 0.455. The van der Waals surface area contributed by atoms with Crippen LogP contribution < -0.4 is 4.74 Å². The molecular formula is C11H13ClF2O5S2. The molecule has 0 fully saturated rings. The first-order valence-electron chi connectivity index (χ1n) is 5.73. The summed E-state index contributed by atoms with van der Waals surface area (Å²) in [5, 5.41) is -0.639. The molecule has 10 heteroatoms. The molecular weight excluding hydrogens is 350 g/mol. The quantitative estimate of drug-likeness (QED) is 0.724. The van der Waals surface area contributed by atoms with E-state index < -0.39 is 58.8 Å². The van der Waals surface area contributed by atoms with Crippen molar-refractivity contribution in [2.75, 3.05) is 12.4 Å². The number of benzene rings is 1. The van der Waals surface area contributed by atoms with E-state index >= 15 is 0 Å². The maximum atomic E-state index is 13.6. The summed E-state index contributed by atoms with van der Waals surface area (Å²) in [6, 6.07) is 0.995. The minimum Gasteiger partial charge on any atom is -0.487 e. The van der Waals surface area contributed by atoms with Gasteiger partial charge in [-0.3, -0.25) is 0 Å². The van der Waals surface area contributed by atoms with Gasteiger partial charge >= 0.3 is 0 Å². The van der Waals surface area contributed by atoms with Gasteiger partial charge in [-0.05, 0) is 26.0 Å². The molecule has 1 aromatic rings. The van der Waals surface area contributed by atoms with Gasteiger partial charge in [-0.2, -0.15) is 0 Å². The third-order valence-corrected chi connectivity index (χ3v) is 6.09. The van der Waals surface area contributed by atoms with Crippen LogP contribution in [0.2, 0.25) is 0 Å². The van der Waals surface area contributed by atoms with Crippen LogP contribution >= 0.6 is 10.7 Å². The Kier molecular flexibility index (Phi) is 5.57. The Balaban J connectivity index is 2.92. The van der Waals surface area contributed by atoms with Crippen molar-refractivity contribution in [2.45, 2.75) is 24.0 Å². The molecule has 0 aliphatic carbocycles. The lowest BCUT2D eigenvalue weighted by Crippen LogP contribution is -2.22. The highest BCUT2D eigenvalue weighted by atomic mass is 35.7. The Labute approximate surface area is 126 Å². The standard InChI is InChI=1S/C11H13ClF2O5S2/c1-7(2)20(15,16)4-3-19-11-9(13)5-8(6-10(11)14)21(12,17)18/h5-7H,3-4H2,1-2H3. The van der Waals surface area contributed by atoms with Crippen molar-refractivity contribution < 1.29 is 30.4 Å². The molecule has 0 saturated heterocycles. The van der Waals surface area contributed by atoms with E-state index in [4.69, 9.17) is 15.4 Å². The third-order valence-electron chi connectivity index (χ3n) is 2.59. The molecule has 0 unspecified atom stereocenters. The van der Waals surface area contributed by atoms with Crippen LogP contribution in [0.5, 0.6) is 5.75 Å². The van der Waals surface area contributed by atoms with Gasteiger partial charge in [0.2, 0.25) is 0 Å². The average Bonchev–Trinajstić information content (AvgIpc) is 2.30. The largest absolute Gasteiger partial charge is 0.487 e. The molecule has 0 aliphatic heterocycles. The van der Waals surface area contributed by atoms with E-state index in [0.717, 1.165) is 0 Å². The van der Waals surface area contributed by atoms with Crippen LogP contribution in [-0.2, 0) is 18.9 Å². The molecule has 1 aromatic carbocycles. The van der Waals surface area contributed by atoms with Gasteiger partial charge in [-0.15, -0.1) is 0 Å². The van der Waals surface area contributed by atoms with Crippen LogP contribution in [0.1, 0.15) is 13.8 Å². The molecule has 0 spiro atoms. The molecule has 0 heterocycles. The van der Waals surface area contributed by atoms with E-state index in [1.54, 1.807) is 0 Å². The lowest BCUT2D eigenvalue weighted by molar-refractivity contribution is 0.302. The van der Waals surface area contributed by atoms with Gasteiger partial charge in [0, 0.05) is 10.7 Å². The topological polar surface area (TPSA) is 77.5 Å². The minimum atomic E-state index is -4.28. The summed E-state index contributed by atoms with van der Waals surface area (Å²) in [4.78, 5) is -0.749. The molecule has 5 nitrogen and oxygen atoms in total. The first-order chi connectivity index (χ1) is 9.45. The highest BCUT2D eigenvalue weighted by molar-refractivity contribution is 8.13. The number of halogens is 3. The van der Waals surface area contributed by atoms with E-state index in [1.807, 2.05) is 0 Å². The number of ether oxygens (including phenoxy) is 1. The van der Waals surface area contributed by atoms with Crippen LogP contribution in [0, 0.1) is 11.6 Å². The maximum absolute atomic E-state index is 13.6. The van der Waals surface area contributed by atoms with Crippen LogP contribution in [0.15, 0.2) is 17.0 Å². The second-order valence-electron chi connectivity index (χ2n) is 4.42. The lowest BCUT2D eigenvalue weighted by Gasteiger charge is -2.11. The Morgan fingerprint density at radius 2 is 1.62 bits per heavy atom. The molecule has 0 bridgehead atoms. The molecule has 0 aliphatic rings. The van der Waals surface area contributed by atoms with Crippen molar-refractivity contribution >= 4 is 29.6 Å². The molecule has 0 radical (unpaired) electrons. The smallest absolute Gasteiger partial charge is 0.261 e.